The Morgan fingerprint density at radius 2 is 1.29 bits per heavy atom. The molecule has 0 fully saturated rings. The number of carbonyl (C=O) groups is 3. The quantitative estimate of drug-likeness (QED) is 0.123. The van der Waals surface area contributed by atoms with Crippen LogP contribution in [-0.4, -0.2) is 36.3 Å². The van der Waals surface area contributed by atoms with Crippen LogP contribution in [0.4, 0.5) is 26.7 Å². The predicted molar refractivity (Wildman–Crippen MR) is 134 cm³/mol. The summed E-state index contributed by atoms with van der Waals surface area (Å²) in [6.45, 7) is 4.37. The van der Waals surface area contributed by atoms with E-state index in [0.29, 0.717) is 0 Å². The maximum absolute atomic E-state index is 14.1. The van der Waals surface area contributed by atoms with E-state index in [4.69, 9.17) is 9.47 Å². The van der Waals surface area contributed by atoms with Crippen molar-refractivity contribution in [2.24, 2.45) is 0 Å². The molecule has 3 aromatic carbocycles. The number of hydrogen-bond acceptors (Lipinski definition) is 6. The third-order valence-electron chi connectivity index (χ3n) is 6.08. The molecule has 1 N–H and O–H groups in total. The molecule has 1 aliphatic carbocycles. The van der Waals surface area contributed by atoms with Gasteiger partial charge in [-0.15, -0.1) is 0 Å². The summed E-state index contributed by atoms with van der Waals surface area (Å²) in [4.78, 5) is 37.9. The summed E-state index contributed by atoms with van der Waals surface area (Å²) < 4.78 is 83.7. The second-order valence-corrected chi connectivity index (χ2v) is 10.1. The lowest BCUT2D eigenvalue weighted by Gasteiger charge is -2.22. The monoisotopic (exact) mass is 577 g/mol. The van der Waals surface area contributed by atoms with Crippen LogP contribution in [0.25, 0.3) is 11.1 Å². The van der Waals surface area contributed by atoms with Crippen LogP contribution in [0.15, 0.2) is 48.5 Å². The zero-order chi connectivity index (χ0) is 30.1. The standard InChI is InChI=1S/C29H24F5NO6/c1-29(2,3)41-20(36)12-19(27(37)40-26-24(33)22(31)21(30)23(32)25(26)34)35-28(38)39-13-18-16-10-6-4-8-14(16)15-9-5-7-11-17(15)18/h4-11,18-19H,12-13H2,1-3H3,(H,35,38). The number of esters is 2. The normalized spacial score (nSPS) is 13.2. The number of fused-ring (bicyclic) bond motifs is 3. The molecule has 0 spiro atoms. The number of ether oxygens (including phenoxy) is 3. The van der Waals surface area contributed by atoms with E-state index in [1.54, 1.807) is 0 Å². The number of halogens is 5. The average Bonchev–Trinajstić information content (AvgIpc) is 3.24. The lowest BCUT2D eigenvalue weighted by molar-refractivity contribution is -0.157. The van der Waals surface area contributed by atoms with E-state index in [1.807, 2.05) is 48.5 Å². The third-order valence-corrected chi connectivity index (χ3v) is 6.08. The molecular weight excluding hydrogens is 553 g/mol. The summed E-state index contributed by atoms with van der Waals surface area (Å²) in [5.41, 5.74) is 2.66. The van der Waals surface area contributed by atoms with Crippen LogP contribution in [0.3, 0.4) is 0 Å². The lowest BCUT2D eigenvalue weighted by atomic mass is 9.98. The molecule has 0 aromatic heterocycles. The van der Waals surface area contributed by atoms with Gasteiger partial charge in [-0.2, -0.15) is 8.78 Å². The first-order chi connectivity index (χ1) is 19.3. The van der Waals surface area contributed by atoms with E-state index in [2.05, 4.69) is 10.1 Å². The minimum absolute atomic E-state index is 0.189. The van der Waals surface area contributed by atoms with Crippen LogP contribution in [0, 0.1) is 29.1 Å². The van der Waals surface area contributed by atoms with Gasteiger partial charge in [0.15, 0.2) is 0 Å². The van der Waals surface area contributed by atoms with Gasteiger partial charge in [0, 0.05) is 5.92 Å². The molecule has 0 saturated heterocycles. The van der Waals surface area contributed by atoms with Crippen LogP contribution < -0.4 is 10.1 Å². The van der Waals surface area contributed by atoms with Gasteiger partial charge in [0.25, 0.3) is 0 Å². The van der Waals surface area contributed by atoms with Crippen molar-refractivity contribution in [2.75, 3.05) is 6.61 Å². The van der Waals surface area contributed by atoms with E-state index in [9.17, 15) is 36.3 Å². The molecule has 3 aromatic rings. The van der Waals surface area contributed by atoms with E-state index in [1.165, 1.54) is 20.8 Å². The van der Waals surface area contributed by atoms with Gasteiger partial charge in [-0.25, -0.2) is 22.8 Å². The zero-order valence-electron chi connectivity index (χ0n) is 22.0. The first-order valence-corrected chi connectivity index (χ1v) is 12.3. The van der Waals surface area contributed by atoms with Gasteiger partial charge in [0.2, 0.25) is 34.8 Å². The fourth-order valence-electron chi connectivity index (χ4n) is 4.37. The zero-order valence-corrected chi connectivity index (χ0v) is 22.0. The first-order valence-electron chi connectivity index (χ1n) is 12.3. The summed E-state index contributed by atoms with van der Waals surface area (Å²) in [6.07, 6.45) is -2.12. The Balaban J connectivity index is 1.52. The maximum Gasteiger partial charge on any atom is 0.407 e. The maximum atomic E-state index is 14.1. The topological polar surface area (TPSA) is 90.9 Å². The summed E-state index contributed by atoms with van der Waals surface area (Å²) in [5, 5.41) is 2.06. The molecule has 216 valence electrons. The van der Waals surface area contributed by atoms with Gasteiger partial charge in [0.1, 0.15) is 18.2 Å². The van der Waals surface area contributed by atoms with Crippen LogP contribution >= 0.6 is 0 Å². The molecule has 1 aliphatic rings. The average molecular weight is 578 g/mol. The predicted octanol–water partition coefficient (Wildman–Crippen LogP) is 5.93. The molecular formula is C29H24F5NO6. The molecule has 0 bridgehead atoms. The Morgan fingerprint density at radius 1 is 0.805 bits per heavy atom. The lowest BCUT2D eigenvalue weighted by Crippen LogP contribution is -2.45. The van der Waals surface area contributed by atoms with Crippen LogP contribution in [-0.2, 0) is 19.1 Å². The van der Waals surface area contributed by atoms with Crippen molar-refractivity contribution in [1.82, 2.24) is 5.32 Å². The van der Waals surface area contributed by atoms with Crippen molar-refractivity contribution in [3.63, 3.8) is 0 Å². The molecule has 1 atom stereocenters. The Labute approximate surface area is 231 Å². The highest BCUT2D eigenvalue weighted by Gasteiger charge is 2.34. The van der Waals surface area contributed by atoms with Crippen molar-refractivity contribution >= 4 is 18.0 Å². The summed E-state index contributed by atoms with van der Waals surface area (Å²) in [6, 6.07) is 13.0. The number of carbonyl (C=O) groups excluding carboxylic acids is 3. The van der Waals surface area contributed by atoms with Gasteiger partial charge >= 0.3 is 18.0 Å². The van der Waals surface area contributed by atoms with Crippen molar-refractivity contribution < 1.29 is 50.5 Å². The highest BCUT2D eigenvalue weighted by molar-refractivity contribution is 5.87. The number of rotatable bonds is 7. The molecule has 7 nitrogen and oxygen atoms in total. The van der Waals surface area contributed by atoms with E-state index in [0.717, 1.165) is 22.3 Å². The van der Waals surface area contributed by atoms with Crippen molar-refractivity contribution in [3.8, 4) is 16.9 Å². The van der Waals surface area contributed by atoms with Gasteiger partial charge in [0.05, 0.1) is 6.42 Å². The number of benzene rings is 3. The Hall–Kier alpha value is -4.48. The van der Waals surface area contributed by atoms with E-state index >= 15 is 0 Å². The molecule has 1 unspecified atom stereocenters. The van der Waals surface area contributed by atoms with Crippen LogP contribution in [0.1, 0.15) is 44.2 Å². The Kier molecular flexibility index (Phi) is 8.32. The van der Waals surface area contributed by atoms with Gasteiger partial charge in [-0.3, -0.25) is 4.79 Å². The molecule has 41 heavy (non-hydrogen) atoms. The number of amides is 1. The van der Waals surface area contributed by atoms with Crippen molar-refractivity contribution in [3.05, 3.63) is 88.7 Å². The molecule has 0 saturated carbocycles. The van der Waals surface area contributed by atoms with E-state index in [-0.39, 0.29) is 12.5 Å². The Morgan fingerprint density at radius 3 is 1.80 bits per heavy atom. The highest BCUT2D eigenvalue weighted by atomic mass is 19.2. The first kappa shape index (κ1) is 29.5. The van der Waals surface area contributed by atoms with Crippen LogP contribution in [0.5, 0.6) is 5.75 Å². The molecule has 0 aliphatic heterocycles. The minimum Gasteiger partial charge on any atom is -0.460 e. The molecule has 12 heteroatoms. The van der Waals surface area contributed by atoms with Gasteiger partial charge in [-0.05, 0) is 43.0 Å². The molecule has 4 rings (SSSR count). The molecule has 0 heterocycles. The summed E-state index contributed by atoms with van der Waals surface area (Å²) >= 11 is 0. The molecule has 0 radical (unpaired) electrons. The SMILES string of the molecule is CC(C)(C)OC(=O)CC(NC(=O)OCC1c2ccccc2-c2ccccc21)C(=O)Oc1c(F)c(F)c(F)c(F)c1F. The van der Waals surface area contributed by atoms with Crippen molar-refractivity contribution in [1.29, 1.82) is 0 Å². The number of alkyl carbamates (subject to hydrolysis) is 1. The highest BCUT2D eigenvalue weighted by Crippen LogP contribution is 2.44. The van der Waals surface area contributed by atoms with Gasteiger partial charge in [-0.1, -0.05) is 48.5 Å². The number of nitrogens with one attached hydrogen (secondary N) is 1. The van der Waals surface area contributed by atoms with E-state index < -0.39 is 70.9 Å². The summed E-state index contributed by atoms with van der Waals surface area (Å²) in [5.74, 6) is -17.0. The van der Waals surface area contributed by atoms with Gasteiger partial charge < -0.3 is 19.5 Å². The van der Waals surface area contributed by atoms with Crippen LogP contribution in [0.2, 0.25) is 0 Å². The Bertz CT molecular complexity index is 1450. The molecule has 1 amide bonds. The third kappa shape index (κ3) is 6.31. The number of hydrogen-bond donors (Lipinski definition) is 1. The smallest absolute Gasteiger partial charge is 0.407 e. The second kappa shape index (κ2) is 11.6. The van der Waals surface area contributed by atoms with Crippen molar-refractivity contribution in [2.45, 2.75) is 44.8 Å². The fourth-order valence-corrected chi connectivity index (χ4v) is 4.37. The second-order valence-electron chi connectivity index (χ2n) is 10.1. The summed E-state index contributed by atoms with van der Waals surface area (Å²) in [7, 11) is 0. The largest absolute Gasteiger partial charge is 0.460 e. The fraction of sp³-hybridized carbons (Fsp3) is 0.276. The minimum atomic E-state index is -2.46.